The molecular formula is C14H23N3O. The fourth-order valence-corrected chi connectivity index (χ4v) is 2.00. The lowest BCUT2D eigenvalue weighted by Gasteiger charge is -2.20. The molecule has 1 aromatic carbocycles. The van der Waals surface area contributed by atoms with E-state index in [1.807, 2.05) is 24.3 Å². The summed E-state index contributed by atoms with van der Waals surface area (Å²) >= 11 is 0. The van der Waals surface area contributed by atoms with Crippen LogP contribution in [0.4, 0.5) is 0 Å². The van der Waals surface area contributed by atoms with Gasteiger partial charge in [0.05, 0.1) is 0 Å². The zero-order valence-corrected chi connectivity index (χ0v) is 11.4. The number of amidine groups is 1. The van der Waals surface area contributed by atoms with Gasteiger partial charge < -0.3 is 16.3 Å². The van der Waals surface area contributed by atoms with Crippen LogP contribution in [0, 0.1) is 5.92 Å². The molecule has 1 atom stereocenters. The third kappa shape index (κ3) is 4.04. The highest BCUT2D eigenvalue weighted by atomic mass is 16.4. The second-order valence-electron chi connectivity index (χ2n) is 4.83. The number of hydrogen-bond acceptors (Lipinski definition) is 3. The minimum absolute atomic E-state index is 0.146. The summed E-state index contributed by atoms with van der Waals surface area (Å²) in [6, 6.07) is 8.24. The van der Waals surface area contributed by atoms with Gasteiger partial charge in [-0.15, -0.1) is 0 Å². The van der Waals surface area contributed by atoms with Gasteiger partial charge in [-0.3, -0.25) is 0 Å². The summed E-state index contributed by atoms with van der Waals surface area (Å²) in [6.45, 7) is 7.41. The fourth-order valence-electron chi connectivity index (χ4n) is 2.00. The molecule has 1 unspecified atom stereocenters. The molecule has 4 N–H and O–H groups in total. The number of oxime groups is 1. The van der Waals surface area contributed by atoms with E-state index in [2.05, 4.69) is 31.2 Å². The van der Waals surface area contributed by atoms with Gasteiger partial charge in [0, 0.05) is 18.2 Å². The molecule has 0 saturated heterocycles. The maximum atomic E-state index is 8.66. The van der Waals surface area contributed by atoms with E-state index in [0.717, 1.165) is 24.1 Å². The first-order valence-corrected chi connectivity index (χ1v) is 6.38. The number of nitrogens with two attached hydrogens (primary N) is 1. The molecule has 0 bridgehead atoms. The largest absolute Gasteiger partial charge is 0.409 e. The van der Waals surface area contributed by atoms with Crippen LogP contribution in [0.15, 0.2) is 29.4 Å². The topological polar surface area (TPSA) is 70.6 Å². The van der Waals surface area contributed by atoms with Crippen molar-refractivity contribution in [3.8, 4) is 0 Å². The average molecular weight is 249 g/mol. The van der Waals surface area contributed by atoms with Crippen LogP contribution in [0.3, 0.4) is 0 Å². The van der Waals surface area contributed by atoms with Gasteiger partial charge in [-0.05, 0) is 24.0 Å². The lowest BCUT2D eigenvalue weighted by Crippen LogP contribution is -2.32. The van der Waals surface area contributed by atoms with Crippen LogP contribution in [0.1, 0.15) is 38.3 Å². The van der Waals surface area contributed by atoms with Crippen LogP contribution in [-0.2, 0) is 6.54 Å². The van der Waals surface area contributed by atoms with Crippen LogP contribution in [0.25, 0.3) is 0 Å². The van der Waals surface area contributed by atoms with E-state index in [1.165, 1.54) is 0 Å². The van der Waals surface area contributed by atoms with Gasteiger partial charge >= 0.3 is 0 Å². The maximum Gasteiger partial charge on any atom is 0.170 e. The molecular weight excluding hydrogens is 226 g/mol. The molecule has 1 aromatic rings. The Kier molecular flexibility index (Phi) is 5.65. The van der Waals surface area contributed by atoms with Crippen molar-refractivity contribution in [2.45, 2.75) is 39.8 Å². The minimum atomic E-state index is 0.146. The van der Waals surface area contributed by atoms with Crippen LogP contribution < -0.4 is 11.1 Å². The zero-order chi connectivity index (χ0) is 13.5. The molecule has 0 saturated carbocycles. The van der Waals surface area contributed by atoms with E-state index >= 15 is 0 Å². The standard InChI is InChI=1S/C14H23N3O/c1-4-13(10(2)3)16-9-11-6-5-7-12(8-11)14(15)17-18/h5-8,10,13,16,18H,4,9H2,1-3H3,(H2,15,17). The Balaban J connectivity index is 2.68. The van der Waals surface area contributed by atoms with Crippen molar-refractivity contribution in [2.75, 3.05) is 0 Å². The highest BCUT2D eigenvalue weighted by Gasteiger charge is 2.10. The highest BCUT2D eigenvalue weighted by Crippen LogP contribution is 2.09. The Morgan fingerprint density at radius 2 is 2.17 bits per heavy atom. The van der Waals surface area contributed by atoms with Crippen LogP contribution in [-0.4, -0.2) is 17.1 Å². The lowest BCUT2D eigenvalue weighted by molar-refractivity contribution is 0.318. The Hall–Kier alpha value is -1.55. The number of nitrogens with zero attached hydrogens (tertiary/aromatic N) is 1. The molecule has 0 aliphatic rings. The third-order valence-electron chi connectivity index (χ3n) is 3.14. The van der Waals surface area contributed by atoms with E-state index in [0.29, 0.717) is 12.0 Å². The van der Waals surface area contributed by atoms with Crippen molar-refractivity contribution in [1.29, 1.82) is 0 Å². The Bertz CT molecular complexity index is 402. The fraction of sp³-hybridized carbons (Fsp3) is 0.500. The summed E-state index contributed by atoms with van der Waals surface area (Å²) in [5.41, 5.74) is 7.46. The van der Waals surface area contributed by atoms with E-state index in [1.54, 1.807) is 0 Å². The number of hydrogen-bond donors (Lipinski definition) is 3. The minimum Gasteiger partial charge on any atom is -0.409 e. The summed E-state index contributed by atoms with van der Waals surface area (Å²) in [4.78, 5) is 0. The summed E-state index contributed by atoms with van der Waals surface area (Å²) in [5.74, 6) is 0.759. The van der Waals surface area contributed by atoms with Crippen molar-refractivity contribution >= 4 is 5.84 Å². The zero-order valence-electron chi connectivity index (χ0n) is 11.4. The van der Waals surface area contributed by atoms with Gasteiger partial charge in [0.2, 0.25) is 0 Å². The molecule has 100 valence electrons. The van der Waals surface area contributed by atoms with Gasteiger partial charge in [-0.1, -0.05) is 44.1 Å². The van der Waals surface area contributed by atoms with Gasteiger partial charge in [-0.25, -0.2) is 0 Å². The lowest BCUT2D eigenvalue weighted by atomic mass is 10.0. The first kappa shape index (κ1) is 14.5. The summed E-state index contributed by atoms with van der Waals surface area (Å²) in [5, 5.41) is 15.2. The molecule has 0 aromatic heterocycles. The number of benzene rings is 1. The van der Waals surface area contributed by atoms with E-state index < -0.39 is 0 Å². The van der Waals surface area contributed by atoms with Gasteiger partial charge in [0.15, 0.2) is 5.84 Å². The SMILES string of the molecule is CCC(NCc1cccc(/C(N)=N/O)c1)C(C)C. The molecule has 0 radical (unpaired) electrons. The van der Waals surface area contributed by atoms with E-state index in [-0.39, 0.29) is 5.84 Å². The van der Waals surface area contributed by atoms with Crippen molar-refractivity contribution in [1.82, 2.24) is 5.32 Å². The maximum absolute atomic E-state index is 8.66. The first-order chi connectivity index (χ1) is 8.58. The predicted molar refractivity (Wildman–Crippen MR) is 74.7 cm³/mol. The normalized spacial score (nSPS) is 13.9. The van der Waals surface area contributed by atoms with Gasteiger partial charge in [-0.2, -0.15) is 0 Å². The second kappa shape index (κ2) is 7.01. The van der Waals surface area contributed by atoms with Crippen molar-refractivity contribution in [3.05, 3.63) is 35.4 Å². The van der Waals surface area contributed by atoms with Crippen LogP contribution in [0.2, 0.25) is 0 Å². The molecule has 4 heteroatoms. The highest BCUT2D eigenvalue weighted by molar-refractivity contribution is 5.97. The molecule has 0 aliphatic carbocycles. The number of nitrogens with one attached hydrogen (secondary N) is 1. The molecule has 4 nitrogen and oxygen atoms in total. The molecule has 18 heavy (non-hydrogen) atoms. The second-order valence-corrected chi connectivity index (χ2v) is 4.83. The first-order valence-electron chi connectivity index (χ1n) is 6.38. The predicted octanol–water partition coefficient (Wildman–Crippen LogP) is 2.31. The van der Waals surface area contributed by atoms with Crippen molar-refractivity contribution < 1.29 is 5.21 Å². The summed E-state index contributed by atoms with van der Waals surface area (Å²) < 4.78 is 0. The molecule has 0 fully saturated rings. The summed E-state index contributed by atoms with van der Waals surface area (Å²) in [6.07, 6.45) is 1.11. The van der Waals surface area contributed by atoms with E-state index in [9.17, 15) is 0 Å². The van der Waals surface area contributed by atoms with Gasteiger partial charge in [0.1, 0.15) is 0 Å². The summed E-state index contributed by atoms with van der Waals surface area (Å²) in [7, 11) is 0. The van der Waals surface area contributed by atoms with Crippen molar-refractivity contribution in [2.24, 2.45) is 16.8 Å². The smallest absolute Gasteiger partial charge is 0.170 e. The van der Waals surface area contributed by atoms with Crippen LogP contribution in [0.5, 0.6) is 0 Å². The monoisotopic (exact) mass is 249 g/mol. The molecule has 0 aliphatic heterocycles. The van der Waals surface area contributed by atoms with Crippen molar-refractivity contribution in [3.63, 3.8) is 0 Å². The average Bonchev–Trinajstić information content (AvgIpc) is 2.38. The molecule has 0 amide bonds. The Morgan fingerprint density at radius 1 is 1.44 bits per heavy atom. The Morgan fingerprint density at radius 3 is 2.72 bits per heavy atom. The van der Waals surface area contributed by atoms with E-state index in [4.69, 9.17) is 10.9 Å². The molecule has 1 rings (SSSR count). The Labute approximate surface area is 109 Å². The van der Waals surface area contributed by atoms with Gasteiger partial charge in [0.25, 0.3) is 0 Å². The number of rotatable bonds is 6. The molecule has 0 heterocycles. The van der Waals surface area contributed by atoms with Crippen LogP contribution >= 0.6 is 0 Å². The quantitative estimate of drug-likeness (QED) is 0.313. The third-order valence-corrected chi connectivity index (χ3v) is 3.14. The molecule has 0 spiro atoms.